The molecule has 1 amide bonds. The van der Waals surface area contributed by atoms with Gasteiger partial charge in [0.05, 0.1) is 22.6 Å². The van der Waals surface area contributed by atoms with Crippen molar-refractivity contribution in [1.29, 1.82) is 0 Å². The SMILES string of the molecule is COc1ccc(S(=O)(=O)NC(C)C)cc1NC(=O)c1ccc(C)c(S(=O)(=O)Nc2cc(C)cc(C)c2)c1. The zero-order valence-electron chi connectivity index (χ0n) is 21.5. The summed E-state index contributed by atoms with van der Waals surface area (Å²) in [5.41, 5.74) is 2.89. The van der Waals surface area contributed by atoms with E-state index in [1.54, 1.807) is 32.9 Å². The third kappa shape index (κ3) is 6.88. The predicted molar refractivity (Wildman–Crippen MR) is 144 cm³/mol. The largest absolute Gasteiger partial charge is 0.495 e. The summed E-state index contributed by atoms with van der Waals surface area (Å²) in [7, 11) is -6.43. The molecule has 0 aliphatic rings. The molecule has 0 bridgehead atoms. The molecule has 37 heavy (non-hydrogen) atoms. The van der Waals surface area contributed by atoms with Crippen molar-refractivity contribution in [1.82, 2.24) is 4.72 Å². The number of aryl methyl sites for hydroxylation is 3. The summed E-state index contributed by atoms with van der Waals surface area (Å²) in [6.45, 7) is 8.77. The highest BCUT2D eigenvalue weighted by molar-refractivity contribution is 7.92. The average molecular weight is 546 g/mol. The van der Waals surface area contributed by atoms with Crippen LogP contribution in [0.4, 0.5) is 11.4 Å². The lowest BCUT2D eigenvalue weighted by molar-refractivity contribution is 0.102. The van der Waals surface area contributed by atoms with Crippen LogP contribution in [0.25, 0.3) is 0 Å². The molecule has 3 aromatic carbocycles. The van der Waals surface area contributed by atoms with E-state index in [9.17, 15) is 21.6 Å². The molecule has 9 nitrogen and oxygen atoms in total. The zero-order valence-corrected chi connectivity index (χ0v) is 23.2. The fraction of sp³-hybridized carbons (Fsp3) is 0.269. The number of anilines is 2. The van der Waals surface area contributed by atoms with E-state index in [2.05, 4.69) is 14.8 Å². The highest BCUT2D eigenvalue weighted by Crippen LogP contribution is 2.29. The summed E-state index contributed by atoms with van der Waals surface area (Å²) in [4.78, 5) is 13.0. The first kappa shape index (κ1) is 28.2. The highest BCUT2D eigenvalue weighted by atomic mass is 32.2. The highest BCUT2D eigenvalue weighted by Gasteiger charge is 2.22. The molecule has 0 heterocycles. The fourth-order valence-corrected chi connectivity index (χ4v) is 6.39. The number of nitrogens with one attached hydrogen (secondary N) is 3. The lowest BCUT2D eigenvalue weighted by atomic mass is 10.1. The van der Waals surface area contributed by atoms with Gasteiger partial charge in [-0.3, -0.25) is 9.52 Å². The molecule has 0 radical (unpaired) electrons. The molecule has 3 rings (SSSR count). The van der Waals surface area contributed by atoms with Crippen LogP contribution in [0, 0.1) is 20.8 Å². The summed E-state index contributed by atoms with van der Waals surface area (Å²) < 4.78 is 61.9. The number of benzene rings is 3. The van der Waals surface area contributed by atoms with Crippen molar-refractivity contribution >= 4 is 37.3 Å². The minimum absolute atomic E-state index is 0.0521. The van der Waals surface area contributed by atoms with Gasteiger partial charge in [0.25, 0.3) is 15.9 Å². The van der Waals surface area contributed by atoms with Gasteiger partial charge in [-0.2, -0.15) is 0 Å². The van der Waals surface area contributed by atoms with Crippen LogP contribution in [0.5, 0.6) is 5.75 Å². The molecule has 0 atom stereocenters. The Hall–Kier alpha value is -3.41. The molecule has 0 spiro atoms. The normalized spacial score (nSPS) is 11.9. The van der Waals surface area contributed by atoms with Gasteiger partial charge >= 0.3 is 0 Å². The van der Waals surface area contributed by atoms with Crippen LogP contribution in [-0.4, -0.2) is 35.9 Å². The molecule has 3 aromatic rings. The number of hydrogen-bond acceptors (Lipinski definition) is 6. The van der Waals surface area contributed by atoms with Crippen LogP contribution < -0.4 is 19.5 Å². The number of ether oxygens (including phenoxy) is 1. The Kier molecular flexibility index (Phi) is 8.31. The molecule has 11 heteroatoms. The van der Waals surface area contributed by atoms with Gasteiger partial charge in [-0.05, 0) is 93.8 Å². The summed E-state index contributed by atoms with van der Waals surface area (Å²) in [6.07, 6.45) is 0. The monoisotopic (exact) mass is 545 g/mol. The van der Waals surface area contributed by atoms with Gasteiger partial charge < -0.3 is 10.1 Å². The van der Waals surface area contributed by atoms with Crippen LogP contribution in [-0.2, 0) is 20.0 Å². The maximum absolute atomic E-state index is 13.2. The van der Waals surface area contributed by atoms with Crippen molar-refractivity contribution in [2.45, 2.75) is 50.5 Å². The van der Waals surface area contributed by atoms with Crippen LogP contribution in [0.1, 0.15) is 40.9 Å². The predicted octanol–water partition coefficient (Wildman–Crippen LogP) is 4.36. The van der Waals surface area contributed by atoms with Gasteiger partial charge in [0.2, 0.25) is 10.0 Å². The topological polar surface area (TPSA) is 131 Å². The minimum atomic E-state index is -4.00. The van der Waals surface area contributed by atoms with Crippen molar-refractivity contribution in [2.75, 3.05) is 17.1 Å². The number of carbonyl (C=O) groups excluding carboxylic acids is 1. The Morgan fingerprint density at radius 3 is 2.08 bits per heavy atom. The Labute approximate surface area is 218 Å². The van der Waals surface area contributed by atoms with Gasteiger partial charge in [-0.15, -0.1) is 0 Å². The number of sulfonamides is 2. The van der Waals surface area contributed by atoms with E-state index in [4.69, 9.17) is 4.74 Å². The molecule has 0 saturated carbocycles. The molecular formula is C26H31N3O6S2. The Bertz CT molecular complexity index is 1530. The van der Waals surface area contributed by atoms with Gasteiger partial charge in [0.15, 0.2) is 0 Å². The fourth-order valence-electron chi connectivity index (χ4n) is 3.80. The Morgan fingerprint density at radius 2 is 1.49 bits per heavy atom. The standard InChI is InChI=1S/C26H31N3O6S2/c1-16(2)28-36(31,32)22-9-10-24(35-6)23(15-22)27-26(30)20-8-7-19(5)25(14-20)37(33,34)29-21-12-17(3)11-18(4)13-21/h7-16,28-29H,1-6H3,(H,27,30). The molecule has 0 fully saturated rings. The van der Waals surface area contributed by atoms with E-state index in [1.165, 1.54) is 43.5 Å². The number of hydrogen-bond donors (Lipinski definition) is 3. The van der Waals surface area contributed by atoms with Crippen molar-refractivity contribution < 1.29 is 26.4 Å². The van der Waals surface area contributed by atoms with Crippen molar-refractivity contribution in [2.24, 2.45) is 0 Å². The first-order valence-electron chi connectivity index (χ1n) is 11.5. The van der Waals surface area contributed by atoms with E-state index in [0.717, 1.165) is 11.1 Å². The Balaban J connectivity index is 1.94. The second kappa shape index (κ2) is 10.9. The van der Waals surface area contributed by atoms with Gasteiger partial charge in [0.1, 0.15) is 5.75 Å². The number of carbonyl (C=O) groups is 1. The van der Waals surface area contributed by atoms with Crippen LogP contribution in [0.15, 0.2) is 64.4 Å². The number of amides is 1. The lowest BCUT2D eigenvalue weighted by Crippen LogP contribution is -2.30. The molecule has 0 aromatic heterocycles. The summed E-state index contributed by atoms with van der Waals surface area (Å²) in [5.74, 6) is -0.388. The third-order valence-corrected chi connectivity index (χ3v) is 8.51. The van der Waals surface area contributed by atoms with Crippen LogP contribution in [0.2, 0.25) is 0 Å². The maximum atomic E-state index is 13.2. The van der Waals surface area contributed by atoms with Crippen molar-refractivity contribution in [3.63, 3.8) is 0 Å². The summed E-state index contributed by atoms with van der Waals surface area (Å²) in [6, 6.07) is 13.5. The maximum Gasteiger partial charge on any atom is 0.262 e. The third-order valence-electron chi connectivity index (χ3n) is 5.33. The Morgan fingerprint density at radius 1 is 0.838 bits per heavy atom. The molecule has 0 unspecified atom stereocenters. The van der Waals surface area contributed by atoms with Gasteiger partial charge in [0, 0.05) is 17.3 Å². The number of methoxy groups -OCH3 is 1. The second-order valence-electron chi connectivity index (χ2n) is 9.05. The van der Waals surface area contributed by atoms with Gasteiger partial charge in [-0.25, -0.2) is 21.6 Å². The van der Waals surface area contributed by atoms with Gasteiger partial charge in [-0.1, -0.05) is 12.1 Å². The summed E-state index contributed by atoms with van der Waals surface area (Å²) >= 11 is 0. The van der Waals surface area contributed by atoms with E-state index < -0.39 is 26.0 Å². The molecule has 0 saturated heterocycles. The molecule has 198 valence electrons. The smallest absolute Gasteiger partial charge is 0.262 e. The minimum Gasteiger partial charge on any atom is -0.495 e. The average Bonchev–Trinajstić information content (AvgIpc) is 2.77. The molecule has 0 aliphatic carbocycles. The molecule has 0 aliphatic heterocycles. The first-order chi connectivity index (χ1) is 17.2. The quantitative estimate of drug-likeness (QED) is 0.366. The van der Waals surface area contributed by atoms with E-state index in [1.807, 2.05) is 19.9 Å². The van der Waals surface area contributed by atoms with E-state index in [-0.39, 0.29) is 32.8 Å². The zero-order chi connectivity index (χ0) is 27.5. The lowest BCUT2D eigenvalue weighted by Gasteiger charge is -2.15. The van der Waals surface area contributed by atoms with Crippen LogP contribution >= 0.6 is 0 Å². The van der Waals surface area contributed by atoms with E-state index >= 15 is 0 Å². The number of rotatable bonds is 9. The molecule has 3 N–H and O–H groups in total. The summed E-state index contributed by atoms with van der Waals surface area (Å²) in [5, 5.41) is 2.63. The molecular weight excluding hydrogens is 514 g/mol. The first-order valence-corrected chi connectivity index (χ1v) is 14.4. The van der Waals surface area contributed by atoms with E-state index in [0.29, 0.717) is 11.3 Å². The van der Waals surface area contributed by atoms with Crippen LogP contribution in [0.3, 0.4) is 0 Å². The van der Waals surface area contributed by atoms with Crippen molar-refractivity contribution in [3.8, 4) is 5.75 Å². The van der Waals surface area contributed by atoms with Crippen molar-refractivity contribution in [3.05, 3.63) is 76.9 Å². The second-order valence-corrected chi connectivity index (χ2v) is 12.4.